The number of carbonyl (C=O) groups is 1. The molecule has 0 saturated heterocycles. The molecule has 5 atom stereocenters. The second-order valence-corrected chi connectivity index (χ2v) is 10.8. The van der Waals surface area contributed by atoms with Gasteiger partial charge in [0.15, 0.2) is 0 Å². The molecule has 212 valence electrons. The summed E-state index contributed by atoms with van der Waals surface area (Å²) >= 11 is 1.35. The van der Waals surface area contributed by atoms with E-state index in [0.717, 1.165) is 23.4 Å². The number of ether oxygens (including phenoxy) is 2. The Hall–Kier alpha value is -2.18. The number of rotatable bonds is 14. The number of thiophene rings is 1. The molecule has 1 aliphatic rings. The van der Waals surface area contributed by atoms with Gasteiger partial charge in [0.05, 0.1) is 30.5 Å². The van der Waals surface area contributed by atoms with Crippen LogP contribution in [0.1, 0.15) is 58.6 Å². The standard InChI is InChI=1S/C27H35F3O7S/c28-27(29,30)17-4-1-5-19(14-17)37-16-18(32)8-10-22-21(23(33)15-24(22)34)7-2-6-20-9-11-25(38-20)26(35)36-13-3-12-31/h1,4-5,9,11,14,18,21-24,31-34H,2-3,6-8,10,12-13,15-16H2/t18-,21-,22-,23+,24-/m1/s1. The fourth-order valence-electron chi connectivity index (χ4n) is 4.84. The molecule has 38 heavy (non-hydrogen) atoms. The van der Waals surface area contributed by atoms with Crippen molar-refractivity contribution in [3.8, 4) is 5.75 Å². The van der Waals surface area contributed by atoms with Gasteiger partial charge in [0.2, 0.25) is 0 Å². The third-order valence-corrected chi connectivity index (χ3v) is 7.94. The molecular formula is C27H35F3O7S. The van der Waals surface area contributed by atoms with E-state index in [1.54, 1.807) is 6.07 Å². The molecule has 0 amide bonds. The summed E-state index contributed by atoms with van der Waals surface area (Å²) in [6.45, 7) is -0.0589. The molecule has 0 spiro atoms. The van der Waals surface area contributed by atoms with Crippen molar-refractivity contribution in [3.05, 3.63) is 51.7 Å². The molecule has 1 fully saturated rings. The first-order valence-electron chi connectivity index (χ1n) is 12.8. The van der Waals surface area contributed by atoms with Crippen LogP contribution < -0.4 is 4.74 Å². The number of aliphatic hydroxyl groups excluding tert-OH is 4. The van der Waals surface area contributed by atoms with Crippen molar-refractivity contribution in [2.75, 3.05) is 19.8 Å². The van der Waals surface area contributed by atoms with Gasteiger partial charge < -0.3 is 29.9 Å². The van der Waals surface area contributed by atoms with Gasteiger partial charge in [0.1, 0.15) is 17.2 Å². The SMILES string of the molecule is O=C(OCCCO)c1ccc(CCC[C@@H]2[C@@H](CC[C@@H](O)COc3cccc(C(F)(F)F)c3)[C@H](O)C[C@@H]2O)s1. The Kier molecular flexibility index (Phi) is 11.4. The van der Waals surface area contributed by atoms with Crippen molar-refractivity contribution >= 4 is 17.3 Å². The molecule has 1 saturated carbocycles. The van der Waals surface area contributed by atoms with Crippen LogP contribution in [0, 0.1) is 11.8 Å². The Bertz CT molecular complexity index is 1010. The van der Waals surface area contributed by atoms with Gasteiger partial charge in [-0.1, -0.05) is 6.07 Å². The number of benzene rings is 1. The molecule has 11 heteroatoms. The van der Waals surface area contributed by atoms with Crippen LogP contribution in [0.3, 0.4) is 0 Å². The minimum absolute atomic E-state index is 0.0169. The minimum Gasteiger partial charge on any atom is -0.491 e. The first-order valence-corrected chi connectivity index (χ1v) is 13.6. The summed E-state index contributed by atoms with van der Waals surface area (Å²) in [5.41, 5.74) is -0.827. The summed E-state index contributed by atoms with van der Waals surface area (Å²) in [5, 5.41) is 40.1. The van der Waals surface area contributed by atoms with Crippen molar-refractivity contribution < 1.29 is 47.9 Å². The lowest BCUT2D eigenvalue weighted by atomic mass is 9.85. The molecule has 7 nitrogen and oxygen atoms in total. The quantitative estimate of drug-likeness (QED) is 0.202. The van der Waals surface area contributed by atoms with E-state index in [-0.39, 0.29) is 50.2 Å². The average Bonchev–Trinajstić information content (AvgIpc) is 3.45. The maximum absolute atomic E-state index is 12.9. The number of halogens is 3. The van der Waals surface area contributed by atoms with Crippen molar-refractivity contribution in [2.24, 2.45) is 11.8 Å². The number of aliphatic hydroxyl groups is 4. The van der Waals surface area contributed by atoms with Gasteiger partial charge in [-0.15, -0.1) is 11.3 Å². The minimum atomic E-state index is -4.48. The second-order valence-electron chi connectivity index (χ2n) is 9.64. The summed E-state index contributed by atoms with van der Waals surface area (Å²) < 4.78 is 49.0. The lowest BCUT2D eigenvalue weighted by Crippen LogP contribution is -2.25. The van der Waals surface area contributed by atoms with Gasteiger partial charge >= 0.3 is 12.1 Å². The van der Waals surface area contributed by atoms with Crippen molar-refractivity contribution in [1.82, 2.24) is 0 Å². The molecule has 0 aliphatic heterocycles. The summed E-state index contributed by atoms with van der Waals surface area (Å²) in [5.74, 6) is -0.763. The number of hydrogen-bond acceptors (Lipinski definition) is 8. The number of carbonyl (C=O) groups excluding carboxylic acids is 1. The summed E-state index contributed by atoms with van der Waals surface area (Å²) in [7, 11) is 0. The smallest absolute Gasteiger partial charge is 0.416 e. The second kappa shape index (κ2) is 14.3. The van der Waals surface area contributed by atoms with Crippen LogP contribution in [0.4, 0.5) is 13.2 Å². The van der Waals surface area contributed by atoms with Crippen LogP contribution in [-0.4, -0.2) is 64.5 Å². The fraction of sp³-hybridized carbons (Fsp3) is 0.593. The van der Waals surface area contributed by atoms with E-state index in [1.807, 2.05) is 6.07 Å². The van der Waals surface area contributed by atoms with Crippen LogP contribution in [0.15, 0.2) is 36.4 Å². The fourth-order valence-corrected chi connectivity index (χ4v) is 5.78. The van der Waals surface area contributed by atoms with Crippen molar-refractivity contribution in [2.45, 2.75) is 69.4 Å². The molecule has 0 radical (unpaired) electrons. The largest absolute Gasteiger partial charge is 0.491 e. The molecule has 1 aromatic heterocycles. The number of alkyl halides is 3. The maximum Gasteiger partial charge on any atom is 0.416 e. The summed E-state index contributed by atoms with van der Waals surface area (Å²) in [4.78, 5) is 13.5. The molecule has 3 rings (SSSR count). The van der Waals surface area contributed by atoms with Crippen LogP contribution in [0.5, 0.6) is 5.75 Å². The third-order valence-electron chi connectivity index (χ3n) is 6.82. The normalized spacial score (nSPS) is 22.4. The molecule has 0 bridgehead atoms. The van der Waals surface area contributed by atoms with E-state index in [9.17, 15) is 33.3 Å². The highest BCUT2D eigenvalue weighted by atomic mass is 32.1. The maximum atomic E-state index is 12.9. The van der Waals surface area contributed by atoms with Crippen molar-refractivity contribution in [3.63, 3.8) is 0 Å². The van der Waals surface area contributed by atoms with Crippen LogP contribution in [-0.2, 0) is 17.3 Å². The molecule has 1 heterocycles. The zero-order chi connectivity index (χ0) is 27.7. The summed E-state index contributed by atoms with van der Waals surface area (Å²) in [6.07, 6.45) is -3.30. The van der Waals surface area contributed by atoms with E-state index in [4.69, 9.17) is 14.6 Å². The summed E-state index contributed by atoms with van der Waals surface area (Å²) in [6, 6.07) is 8.05. The molecule has 2 aromatic rings. The van der Waals surface area contributed by atoms with E-state index < -0.39 is 36.0 Å². The Balaban J connectivity index is 1.44. The van der Waals surface area contributed by atoms with E-state index >= 15 is 0 Å². The highest BCUT2D eigenvalue weighted by Crippen LogP contribution is 2.39. The zero-order valence-electron chi connectivity index (χ0n) is 21.0. The first kappa shape index (κ1) is 30.4. The van der Waals surface area contributed by atoms with Gasteiger partial charge in [-0.25, -0.2) is 4.79 Å². The number of hydrogen-bond donors (Lipinski definition) is 4. The third kappa shape index (κ3) is 8.94. The van der Waals surface area contributed by atoms with Crippen LogP contribution in [0.2, 0.25) is 0 Å². The van der Waals surface area contributed by atoms with Crippen LogP contribution >= 0.6 is 11.3 Å². The monoisotopic (exact) mass is 560 g/mol. The van der Waals surface area contributed by atoms with Crippen LogP contribution in [0.25, 0.3) is 0 Å². The van der Waals surface area contributed by atoms with Gasteiger partial charge in [-0.05, 0) is 80.7 Å². The molecule has 1 aliphatic carbocycles. The Labute approximate surface area is 223 Å². The highest BCUT2D eigenvalue weighted by molar-refractivity contribution is 7.13. The lowest BCUT2D eigenvalue weighted by molar-refractivity contribution is -0.137. The number of esters is 1. The predicted molar refractivity (Wildman–Crippen MR) is 135 cm³/mol. The Morgan fingerprint density at radius 2 is 1.82 bits per heavy atom. The molecule has 4 N–H and O–H groups in total. The average molecular weight is 561 g/mol. The van der Waals surface area contributed by atoms with Gasteiger partial charge in [0, 0.05) is 17.9 Å². The molecule has 0 unspecified atom stereocenters. The predicted octanol–water partition coefficient (Wildman–Crippen LogP) is 4.21. The molecule has 1 aromatic carbocycles. The van der Waals surface area contributed by atoms with E-state index in [1.165, 1.54) is 23.5 Å². The topological polar surface area (TPSA) is 116 Å². The van der Waals surface area contributed by atoms with E-state index in [0.29, 0.717) is 30.6 Å². The zero-order valence-corrected chi connectivity index (χ0v) is 21.8. The molecular weight excluding hydrogens is 525 g/mol. The van der Waals surface area contributed by atoms with E-state index in [2.05, 4.69) is 0 Å². The first-order chi connectivity index (χ1) is 18.1. The Morgan fingerprint density at radius 1 is 1.08 bits per heavy atom. The van der Waals surface area contributed by atoms with Gasteiger partial charge in [-0.3, -0.25) is 0 Å². The Morgan fingerprint density at radius 3 is 2.53 bits per heavy atom. The lowest BCUT2D eigenvalue weighted by Gasteiger charge is -2.24. The van der Waals surface area contributed by atoms with Gasteiger partial charge in [0.25, 0.3) is 0 Å². The van der Waals surface area contributed by atoms with Gasteiger partial charge in [-0.2, -0.15) is 13.2 Å². The number of aryl methyl sites for hydroxylation is 1. The van der Waals surface area contributed by atoms with Crippen molar-refractivity contribution in [1.29, 1.82) is 0 Å². The highest BCUT2D eigenvalue weighted by Gasteiger charge is 2.41.